The molecule has 6 nitrogen and oxygen atoms in total. The normalized spacial score (nSPS) is 17.3. The number of hydrogen-bond donors (Lipinski definition) is 0. The van der Waals surface area contributed by atoms with Crippen LogP contribution in [0.15, 0.2) is 16.8 Å². The van der Waals surface area contributed by atoms with Crippen LogP contribution in [0.5, 0.6) is 0 Å². The molecule has 0 bridgehead atoms. The zero-order valence-corrected chi connectivity index (χ0v) is 13.3. The van der Waals surface area contributed by atoms with E-state index in [1.165, 1.54) is 0 Å². The van der Waals surface area contributed by atoms with Crippen LogP contribution in [0.1, 0.15) is 39.4 Å². The summed E-state index contributed by atoms with van der Waals surface area (Å²) in [7, 11) is 2.08. The molecule has 1 aliphatic heterocycles. The monoisotopic (exact) mass is 295 g/mol. The Kier molecular flexibility index (Phi) is 4.88. The first-order valence-electron chi connectivity index (χ1n) is 7.43. The Hall–Kier alpha value is -1.56. The van der Waals surface area contributed by atoms with Gasteiger partial charge in [-0.25, -0.2) is 4.79 Å². The van der Waals surface area contributed by atoms with Gasteiger partial charge in [-0.05, 0) is 40.7 Å². The van der Waals surface area contributed by atoms with Crippen molar-refractivity contribution in [1.29, 1.82) is 0 Å². The quantitative estimate of drug-likeness (QED) is 0.857. The summed E-state index contributed by atoms with van der Waals surface area (Å²) >= 11 is 0. The van der Waals surface area contributed by atoms with E-state index < -0.39 is 5.60 Å². The van der Waals surface area contributed by atoms with Crippen LogP contribution in [0.2, 0.25) is 0 Å². The number of aromatic nitrogens is 1. The minimum Gasteiger partial charge on any atom is -0.444 e. The van der Waals surface area contributed by atoms with E-state index in [-0.39, 0.29) is 6.09 Å². The fourth-order valence-electron chi connectivity index (χ4n) is 2.51. The molecule has 0 aliphatic carbocycles. The second kappa shape index (κ2) is 6.47. The lowest BCUT2D eigenvalue weighted by Gasteiger charge is -2.36. The standard InChI is InChI=1S/C15H25N3O3/c1-15(2,3)20-14(19)18-9-6-12(7-10-18)17(4)11-13-5-8-16-21-13/h5,8,12H,6-7,9-11H2,1-4H3. The van der Waals surface area contributed by atoms with Crippen molar-refractivity contribution in [1.82, 2.24) is 15.0 Å². The highest BCUT2D eigenvalue weighted by molar-refractivity contribution is 5.68. The minimum atomic E-state index is -0.434. The van der Waals surface area contributed by atoms with Gasteiger partial charge in [-0.15, -0.1) is 0 Å². The van der Waals surface area contributed by atoms with Crippen LogP contribution in [0, 0.1) is 0 Å². The van der Waals surface area contributed by atoms with Crippen LogP contribution < -0.4 is 0 Å². The predicted octanol–water partition coefficient (Wildman–Crippen LogP) is 2.51. The Morgan fingerprint density at radius 3 is 2.67 bits per heavy atom. The van der Waals surface area contributed by atoms with E-state index in [1.54, 1.807) is 11.1 Å². The molecular weight excluding hydrogens is 270 g/mol. The number of ether oxygens (including phenoxy) is 1. The van der Waals surface area contributed by atoms with Crippen LogP contribution in [-0.2, 0) is 11.3 Å². The van der Waals surface area contributed by atoms with Crippen molar-refractivity contribution in [2.75, 3.05) is 20.1 Å². The molecule has 0 atom stereocenters. The van der Waals surface area contributed by atoms with E-state index in [1.807, 2.05) is 26.8 Å². The van der Waals surface area contributed by atoms with Crippen LogP contribution in [0.3, 0.4) is 0 Å². The molecule has 1 aliphatic rings. The molecule has 0 spiro atoms. The molecule has 1 aromatic rings. The smallest absolute Gasteiger partial charge is 0.410 e. The third-order valence-corrected chi connectivity index (χ3v) is 3.64. The predicted molar refractivity (Wildman–Crippen MR) is 78.8 cm³/mol. The Morgan fingerprint density at radius 2 is 2.14 bits per heavy atom. The summed E-state index contributed by atoms with van der Waals surface area (Å²) in [5.41, 5.74) is -0.434. The van der Waals surface area contributed by atoms with Gasteiger partial charge in [0, 0.05) is 25.2 Å². The summed E-state index contributed by atoms with van der Waals surface area (Å²) in [5.74, 6) is 0.868. The van der Waals surface area contributed by atoms with Gasteiger partial charge in [0.1, 0.15) is 5.60 Å². The second-order valence-electron chi connectivity index (χ2n) is 6.59. The number of rotatable bonds is 3. The van der Waals surface area contributed by atoms with Crippen LogP contribution >= 0.6 is 0 Å². The summed E-state index contributed by atoms with van der Waals surface area (Å²) in [4.78, 5) is 16.1. The molecule has 6 heteroatoms. The van der Waals surface area contributed by atoms with E-state index in [4.69, 9.17) is 9.26 Å². The molecule has 2 heterocycles. The van der Waals surface area contributed by atoms with E-state index in [2.05, 4.69) is 17.1 Å². The minimum absolute atomic E-state index is 0.209. The SMILES string of the molecule is CN(Cc1ccno1)C1CCN(C(=O)OC(C)(C)C)CC1. The van der Waals surface area contributed by atoms with Crippen molar-refractivity contribution >= 4 is 6.09 Å². The maximum Gasteiger partial charge on any atom is 0.410 e. The Balaban J connectivity index is 1.78. The van der Waals surface area contributed by atoms with Gasteiger partial charge in [-0.3, -0.25) is 4.90 Å². The molecule has 0 saturated carbocycles. The molecule has 2 rings (SSSR count). The van der Waals surface area contributed by atoms with Crippen molar-refractivity contribution in [3.05, 3.63) is 18.0 Å². The summed E-state index contributed by atoms with van der Waals surface area (Å²) in [5, 5.41) is 3.72. The first-order chi connectivity index (χ1) is 9.85. The molecule has 0 radical (unpaired) electrons. The van der Waals surface area contributed by atoms with Crippen LogP contribution in [0.4, 0.5) is 4.79 Å². The van der Waals surface area contributed by atoms with E-state index in [0.717, 1.165) is 38.2 Å². The van der Waals surface area contributed by atoms with Gasteiger partial charge >= 0.3 is 6.09 Å². The fourth-order valence-corrected chi connectivity index (χ4v) is 2.51. The maximum atomic E-state index is 12.0. The Labute approximate surface area is 126 Å². The van der Waals surface area contributed by atoms with Gasteiger partial charge in [0.25, 0.3) is 0 Å². The second-order valence-corrected chi connectivity index (χ2v) is 6.59. The van der Waals surface area contributed by atoms with Gasteiger partial charge in [0.2, 0.25) is 0 Å². The van der Waals surface area contributed by atoms with E-state index >= 15 is 0 Å². The average Bonchev–Trinajstić information content (AvgIpc) is 2.90. The molecule has 1 amide bonds. The fraction of sp³-hybridized carbons (Fsp3) is 0.733. The zero-order valence-electron chi connectivity index (χ0n) is 13.3. The lowest BCUT2D eigenvalue weighted by Crippen LogP contribution is -2.46. The number of likely N-dealkylation sites (tertiary alicyclic amines) is 1. The number of carbonyl (C=O) groups excluding carboxylic acids is 1. The lowest BCUT2D eigenvalue weighted by molar-refractivity contribution is 0.0149. The molecule has 0 unspecified atom stereocenters. The van der Waals surface area contributed by atoms with Crippen molar-refractivity contribution in [3.63, 3.8) is 0 Å². The summed E-state index contributed by atoms with van der Waals surface area (Å²) in [6.07, 6.45) is 3.35. The number of nitrogens with zero attached hydrogens (tertiary/aromatic N) is 3. The van der Waals surface area contributed by atoms with Crippen LogP contribution in [0.25, 0.3) is 0 Å². The molecule has 1 saturated heterocycles. The van der Waals surface area contributed by atoms with Crippen molar-refractivity contribution in [2.45, 2.75) is 51.8 Å². The van der Waals surface area contributed by atoms with E-state index in [0.29, 0.717) is 6.04 Å². The van der Waals surface area contributed by atoms with E-state index in [9.17, 15) is 4.79 Å². The van der Waals surface area contributed by atoms with Gasteiger partial charge in [-0.1, -0.05) is 5.16 Å². The largest absolute Gasteiger partial charge is 0.444 e. The van der Waals surface area contributed by atoms with Crippen molar-refractivity contribution in [2.24, 2.45) is 0 Å². The van der Waals surface area contributed by atoms with Gasteiger partial charge in [0.15, 0.2) is 5.76 Å². The summed E-state index contributed by atoms with van der Waals surface area (Å²) < 4.78 is 10.5. The topological polar surface area (TPSA) is 58.8 Å². The lowest BCUT2D eigenvalue weighted by atomic mass is 10.0. The maximum absolute atomic E-state index is 12.0. The molecule has 0 aromatic carbocycles. The molecule has 1 aromatic heterocycles. The molecule has 0 N–H and O–H groups in total. The number of amides is 1. The van der Waals surface area contributed by atoms with Gasteiger partial charge in [-0.2, -0.15) is 0 Å². The zero-order chi connectivity index (χ0) is 15.5. The molecule has 1 fully saturated rings. The van der Waals surface area contributed by atoms with Crippen LogP contribution in [-0.4, -0.2) is 52.8 Å². The molecule has 118 valence electrons. The van der Waals surface area contributed by atoms with Gasteiger partial charge in [0.05, 0.1) is 12.7 Å². The van der Waals surface area contributed by atoms with Crippen molar-refractivity contribution < 1.29 is 14.1 Å². The highest BCUT2D eigenvalue weighted by Gasteiger charge is 2.28. The van der Waals surface area contributed by atoms with Gasteiger partial charge < -0.3 is 14.2 Å². The number of piperidine rings is 1. The first kappa shape index (κ1) is 15.8. The van der Waals surface area contributed by atoms with Crippen molar-refractivity contribution in [3.8, 4) is 0 Å². The summed E-state index contributed by atoms with van der Waals surface area (Å²) in [6.45, 7) is 7.90. The number of carbonyl (C=O) groups is 1. The molecule has 21 heavy (non-hydrogen) atoms. The average molecular weight is 295 g/mol. The third kappa shape index (κ3) is 4.74. The molecular formula is C15H25N3O3. The Morgan fingerprint density at radius 1 is 1.48 bits per heavy atom. The highest BCUT2D eigenvalue weighted by Crippen LogP contribution is 2.19. The first-order valence-corrected chi connectivity index (χ1v) is 7.43. The summed E-state index contributed by atoms with van der Waals surface area (Å²) in [6, 6.07) is 2.33. The number of hydrogen-bond acceptors (Lipinski definition) is 5. The highest BCUT2D eigenvalue weighted by atomic mass is 16.6. The Bertz CT molecular complexity index is 445. The third-order valence-electron chi connectivity index (χ3n) is 3.64.